The molecular formula is C16H26N4O. The van der Waals surface area contributed by atoms with Gasteiger partial charge in [0.15, 0.2) is 0 Å². The summed E-state index contributed by atoms with van der Waals surface area (Å²) in [5.41, 5.74) is 2.10. The third-order valence-electron chi connectivity index (χ3n) is 4.04. The molecule has 21 heavy (non-hydrogen) atoms. The van der Waals surface area contributed by atoms with Gasteiger partial charge in [0.2, 0.25) is 5.91 Å². The van der Waals surface area contributed by atoms with Gasteiger partial charge in [-0.3, -0.25) is 9.78 Å². The summed E-state index contributed by atoms with van der Waals surface area (Å²) in [6.45, 7) is 8.79. The van der Waals surface area contributed by atoms with Crippen LogP contribution in [0.5, 0.6) is 0 Å². The summed E-state index contributed by atoms with van der Waals surface area (Å²) in [7, 11) is 0. The molecule has 1 amide bonds. The molecule has 0 radical (unpaired) electrons. The molecule has 2 unspecified atom stereocenters. The van der Waals surface area contributed by atoms with E-state index in [-0.39, 0.29) is 11.9 Å². The van der Waals surface area contributed by atoms with Gasteiger partial charge in [-0.25, -0.2) is 0 Å². The molecule has 116 valence electrons. The highest BCUT2D eigenvalue weighted by atomic mass is 16.2. The van der Waals surface area contributed by atoms with E-state index in [1.165, 1.54) is 0 Å². The standard InChI is InChI=1S/C16H26N4O/c1-4-13(17-6-3)14-8-7-12(11-19-14)20-10-9-18-16(21)15(20)5-2/h7-8,11,13,15,17H,4-6,9-10H2,1-3H3,(H,18,21). The van der Waals surface area contributed by atoms with Crippen LogP contribution in [-0.4, -0.2) is 36.6 Å². The summed E-state index contributed by atoms with van der Waals surface area (Å²) in [5, 5.41) is 6.36. The van der Waals surface area contributed by atoms with Crippen molar-refractivity contribution < 1.29 is 4.79 Å². The molecule has 0 aromatic carbocycles. The van der Waals surface area contributed by atoms with Crippen molar-refractivity contribution in [2.24, 2.45) is 0 Å². The van der Waals surface area contributed by atoms with Gasteiger partial charge in [0.05, 0.1) is 17.6 Å². The van der Waals surface area contributed by atoms with E-state index in [1.54, 1.807) is 0 Å². The van der Waals surface area contributed by atoms with Crippen LogP contribution >= 0.6 is 0 Å². The van der Waals surface area contributed by atoms with Crippen molar-refractivity contribution >= 4 is 11.6 Å². The SMILES string of the molecule is CCNC(CC)c1ccc(N2CCNC(=O)C2CC)cn1. The number of hydrogen-bond donors (Lipinski definition) is 2. The summed E-state index contributed by atoms with van der Waals surface area (Å²) in [5.74, 6) is 0.118. The van der Waals surface area contributed by atoms with E-state index in [2.05, 4.69) is 46.5 Å². The molecule has 0 saturated carbocycles. The fourth-order valence-electron chi connectivity index (χ4n) is 2.91. The first kappa shape index (κ1) is 15.8. The van der Waals surface area contributed by atoms with Crippen LogP contribution in [0.3, 0.4) is 0 Å². The lowest BCUT2D eigenvalue weighted by Crippen LogP contribution is -2.55. The molecule has 0 bridgehead atoms. The van der Waals surface area contributed by atoms with E-state index in [9.17, 15) is 4.79 Å². The highest BCUT2D eigenvalue weighted by molar-refractivity contribution is 5.86. The topological polar surface area (TPSA) is 57.3 Å². The van der Waals surface area contributed by atoms with Gasteiger partial charge < -0.3 is 15.5 Å². The molecule has 5 nitrogen and oxygen atoms in total. The van der Waals surface area contributed by atoms with E-state index in [1.807, 2.05) is 13.1 Å². The van der Waals surface area contributed by atoms with Crippen molar-refractivity contribution in [2.45, 2.75) is 45.7 Å². The Hall–Kier alpha value is -1.62. The number of nitrogens with zero attached hydrogens (tertiary/aromatic N) is 2. The lowest BCUT2D eigenvalue weighted by Gasteiger charge is -2.36. The zero-order valence-corrected chi connectivity index (χ0v) is 13.2. The quantitative estimate of drug-likeness (QED) is 0.839. The second-order valence-corrected chi connectivity index (χ2v) is 5.37. The third kappa shape index (κ3) is 3.53. The molecule has 0 aliphatic carbocycles. The predicted molar refractivity (Wildman–Crippen MR) is 85.4 cm³/mol. The van der Waals surface area contributed by atoms with Crippen LogP contribution in [0.15, 0.2) is 18.3 Å². The zero-order chi connectivity index (χ0) is 15.2. The number of carbonyl (C=O) groups excluding carboxylic acids is 1. The first-order chi connectivity index (χ1) is 10.2. The Kier molecular flexibility index (Phi) is 5.56. The van der Waals surface area contributed by atoms with Gasteiger partial charge in [0.25, 0.3) is 0 Å². The molecule has 1 aromatic heterocycles. The molecule has 1 aromatic rings. The van der Waals surface area contributed by atoms with Gasteiger partial charge >= 0.3 is 0 Å². The number of hydrogen-bond acceptors (Lipinski definition) is 4. The highest BCUT2D eigenvalue weighted by Gasteiger charge is 2.28. The van der Waals surface area contributed by atoms with E-state index in [4.69, 9.17) is 0 Å². The van der Waals surface area contributed by atoms with Crippen LogP contribution < -0.4 is 15.5 Å². The van der Waals surface area contributed by atoms with Gasteiger partial charge in [-0.2, -0.15) is 0 Å². The van der Waals surface area contributed by atoms with E-state index >= 15 is 0 Å². The first-order valence-corrected chi connectivity index (χ1v) is 7.94. The molecule has 1 aliphatic rings. The second kappa shape index (κ2) is 7.41. The largest absolute Gasteiger partial charge is 0.357 e. The maximum Gasteiger partial charge on any atom is 0.242 e. The van der Waals surface area contributed by atoms with Crippen LogP contribution in [0.25, 0.3) is 0 Å². The van der Waals surface area contributed by atoms with Crippen LogP contribution in [-0.2, 0) is 4.79 Å². The van der Waals surface area contributed by atoms with E-state index in [0.29, 0.717) is 12.6 Å². The van der Waals surface area contributed by atoms with Crippen LogP contribution in [0.2, 0.25) is 0 Å². The molecule has 0 spiro atoms. The normalized spacial score (nSPS) is 20.2. The Morgan fingerprint density at radius 1 is 1.43 bits per heavy atom. The number of nitrogens with one attached hydrogen (secondary N) is 2. The summed E-state index contributed by atoms with van der Waals surface area (Å²) < 4.78 is 0. The van der Waals surface area contributed by atoms with Crippen molar-refractivity contribution in [2.75, 3.05) is 24.5 Å². The predicted octanol–water partition coefficient (Wildman–Crippen LogP) is 1.86. The Balaban J connectivity index is 2.15. The van der Waals surface area contributed by atoms with Crippen molar-refractivity contribution in [3.8, 4) is 0 Å². The molecule has 1 aliphatic heterocycles. The van der Waals surface area contributed by atoms with E-state index < -0.39 is 0 Å². The Morgan fingerprint density at radius 3 is 2.81 bits per heavy atom. The minimum Gasteiger partial charge on any atom is -0.357 e. The molecule has 2 N–H and O–H groups in total. The lowest BCUT2D eigenvalue weighted by molar-refractivity contribution is -0.123. The molecule has 2 rings (SSSR count). The fourth-order valence-corrected chi connectivity index (χ4v) is 2.91. The van der Waals surface area contributed by atoms with Crippen LogP contribution in [0, 0.1) is 0 Å². The molecule has 1 fully saturated rings. The molecule has 5 heteroatoms. The number of amides is 1. The van der Waals surface area contributed by atoms with Gasteiger partial charge in [-0.1, -0.05) is 20.8 Å². The molecule has 1 saturated heterocycles. The fraction of sp³-hybridized carbons (Fsp3) is 0.625. The summed E-state index contributed by atoms with van der Waals surface area (Å²) in [4.78, 5) is 18.7. The Bertz CT molecular complexity index is 460. The number of piperazine rings is 1. The number of rotatable bonds is 6. The lowest BCUT2D eigenvalue weighted by atomic mass is 10.1. The minimum atomic E-state index is -0.0814. The van der Waals surface area contributed by atoms with Gasteiger partial charge in [-0.15, -0.1) is 0 Å². The van der Waals surface area contributed by atoms with Crippen molar-refractivity contribution in [1.82, 2.24) is 15.6 Å². The second-order valence-electron chi connectivity index (χ2n) is 5.37. The van der Waals surface area contributed by atoms with E-state index in [0.717, 1.165) is 37.3 Å². The smallest absolute Gasteiger partial charge is 0.242 e. The molecule has 2 atom stereocenters. The third-order valence-corrected chi connectivity index (χ3v) is 4.04. The van der Waals surface area contributed by atoms with Crippen molar-refractivity contribution in [1.29, 1.82) is 0 Å². The summed E-state index contributed by atoms with van der Waals surface area (Å²) in [6, 6.07) is 4.38. The van der Waals surface area contributed by atoms with Gasteiger partial charge in [0.1, 0.15) is 6.04 Å². The highest BCUT2D eigenvalue weighted by Crippen LogP contribution is 2.22. The average molecular weight is 290 g/mol. The zero-order valence-electron chi connectivity index (χ0n) is 13.2. The maximum atomic E-state index is 11.9. The molecule has 2 heterocycles. The minimum absolute atomic E-state index is 0.0814. The van der Waals surface area contributed by atoms with Crippen LogP contribution in [0.1, 0.15) is 45.3 Å². The number of aromatic nitrogens is 1. The van der Waals surface area contributed by atoms with Crippen molar-refractivity contribution in [3.63, 3.8) is 0 Å². The first-order valence-electron chi connectivity index (χ1n) is 7.94. The number of carbonyl (C=O) groups is 1. The van der Waals surface area contributed by atoms with Crippen LogP contribution in [0.4, 0.5) is 5.69 Å². The van der Waals surface area contributed by atoms with Crippen molar-refractivity contribution in [3.05, 3.63) is 24.0 Å². The monoisotopic (exact) mass is 290 g/mol. The van der Waals surface area contributed by atoms with Gasteiger partial charge in [0, 0.05) is 19.1 Å². The molecular weight excluding hydrogens is 264 g/mol. The average Bonchev–Trinajstić information content (AvgIpc) is 2.52. The number of anilines is 1. The number of pyridine rings is 1. The summed E-state index contributed by atoms with van der Waals surface area (Å²) >= 11 is 0. The summed E-state index contributed by atoms with van der Waals surface area (Å²) in [6.07, 6.45) is 3.73. The Labute approximate surface area is 127 Å². The van der Waals surface area contributed by atoms with Gasteiger partial charge in [-0.05, 0) is 31.5 Å². The maximum absolute atomic E-state index is 11.9. The Morgan fingerprint density at radius 2 is 2.24 bits per heavy atom.